The summed E-state index contributed by atoms with van der Waals surface area (Å²) in [5, 5.41) is 0. The Morgan fingerprint density at radius 1 is 1.21 bits per heavy atom. The second-order valence-electron chi connectivity index (χ2n) is 4.10. The van der Waals surface area contributed by atoms with Crippen molar-refractivity contribution in [3.05, 3.63) is 36.4 Å². The van der Waals surface area contributed by atoms with Gasteiger partial charge in [-0.1, -0.05) is 24.3 Å². The quantitative estimate of drug-likeness (QED) is 0.612. The summed E-state index contributed by atoms with van der Waals surface area (Å²) in [6.07, 6.45) is 0. The summed E-state index contributed by atoms with van der Waals surface area (Å²) in [6, 6.07) is 5.21. The highest BCUT2D eigenvalue weighted by molar-refractivity contribution is 8.14. The first-order chi connectivity index (χ1) is 8.56. The Morgan fingerprint density at radius 3 is 2.11 bits per heavy atom. The summed E-state index contributed by atoms with van der Waals surface area (Å²) in [4.78, 5) is -0.765. The molecule has 5 nitrogen and oxygen atoms in total. The number of hydrogen-bond donors (Lipinski definition) is 0. The Labute approximate surface area is 118 Å². The molecule has 0 amide bonds. The van der Waals surface area contributed by atoms with Gasteiger partial charge in [0.25, 0.3) is 9.05 Å². The molecule has 0 aromatic heterocycles. The highest BCUT2D eigenvalue weighted by Crippen LogP contribution is 2.26. The zero-order valence-electron chi connectivity index (χ0n) is 10.5. The molecule has 0 N–H and O–H groups in total. The van der Waals surface area contributed by atoms with Crippen LogP contribution in [-0.2, 0) is 19.1 Å². The van der Waals surface area contributed by atoms with E-state index in [2.05, 4.69) is 6.58 Å². The van der Waals surface area contributed by atoms with E-state index in [1.165, 1.54) is 25.2 Å². The highest BCUT2D eigenvalue weighted by atomic mass is 35.7. The summed E-state index contributed by atoms with van der Waals surface area (Å²) in [5.74, 6) is 0. The van der Waals surface area contributed by atoms with Gasteiger partial charge in [0.1, 0.15) is 9.79 Å². The first-order valence-electron chi connectivity index (χ1n) is 5.21. The molecule has 0 aliphatic carbocycles. The summed E-state index contributed by atoms with van der Waals surface area (Å²) < 4.78 is 48.4. The lowest BCUT2D eigenvalue weighted by Gasteiger charge is -2.18. The van der Waals surface area contributed by atoms with Crippen LogP contribution in [0.4, 0.5) is 0 Å². The molecule has 8 heteroatoms. The van der Waals surface area contributed by atoms with Gasteiger partial charge in [0, 0.05) is 24.3 Å². The van der Waals surface area contributed by atoms with E-state index < -0.39 is 24.0 Å². The molecular weight excluding hydrogens is 310 g/mol. The predicted molar refractivity (Wildman–Crippen MR) is 74.1 cm³/mol. The lowest BCUT2D eigenvalue weighted by molar-refractivity contribution is 0.490. The van der Waals surface area contributed by atoms with Crippen LogP contribution >= 0.6 is 10.7 Å². The highest BCUT2D eigenvalue weighted by Gasteiger charge is 2.28. The number of nitrogens with zero attached hydrogens (tertiary/aromatic N) is 1. The molecule has 0 aliphatic heterocycles. The summed E-state index contributed by atoms with van der Waals surface area (Å²) in [6.45, 7) is 5.40. The second-order valence-corrected chi connectivity index (χ2v) is 8.65. The molecule has 0 atom stereocenters. The van der Waals surface area contributed by atoms with Gasteiger partial charge in [-0.3, -0.25) is 0 Å². The molecular formula is C11H14ClNO4S2. The zero-order valence-corrected chi connectivity index (χ0v) is 12.9. The van der Waals surface area contributed by atoms with Crippen molar-refractivity contribution in [3.63, 3.8) is 0 Å². The Balaban J connectivity index is 3.42. The molecule has 19 heavy (non-hydrogen) atoms. The number of benzene rings is 1. The summed E-state index contributed by atoms with van der Waals surface area (Å²) in [7, 11) is -1.47. The fourth-order valence-electron chi connectivity index (χ4n) is 1.50. The van der Waals surface area contributed by atoms with Gasteiger partial charge in [0.2, 0.25) is 10.0 Å². The molecule has 0 spiro atoms. The molecule has 0 saturated heterocycles. The number of sulfonamides is 1. The van der Waals surface area contributed by atoms with E-state index in [1.54, 1.807) is 6.92 Å². The molecule has 1 aromatic carbocycles. The van der Waals surface area contributed by atoms with Gasteiger partial charge >= 0.3 is 0 Å². The average Bonchev–Trinajstić information content (AvgIpc) is 2.27. The van der Waals surface area contributed by atoms with Crippen molar-refractivity contribution < 1.29 is 16.8 Å². The minimum absolute atomic E-state index is 0.0962. The third-order valence-electron chi connectivity index (χ3n) is 2.29. The Kier molecular flexibility index (Phi) is 4.78. The maximum atomic E-state index is 12.3. The minimum atomic E-state index is -4.13. The Hall–Kier alpha value is -0.890. The van der Waals surface area contributed by atoms with Gasteiger partial charge in [-0.15, -0.1) is 0 Å². The van der Waals surface area contributed by atoms with Crippen LogP contribution in [0.2, 0.25) is 0 Å². The van der Waals surface area contributed by atoms with Gasteiger partial charge in [-0.05, 0) is 19.1 Å². The van der Waals surface area contributed by atoms with Crippen molar-refractivity contribution >= 4 is 29.8 Å². The second kappa shape index (κ2) is 5.62. The molecule has 1 rings (SSSR count). The van der Waals surface area contributed by atoms with Crippen LogP contribution in [-0.4, -0.2) is 34.7 Å². The molecule has 106 valence electrons. The fourth-order valence-corrected chi connectivity index (χ4v) is 4.53. The SMILES string of the molecule is C=C(C)CN(C)S(=O)(=O)c1ccccc1S(=O)(=O)Cl. The third-order valence-corrected chi connectivity index (χ3v) is 5.66. The van der Waals surface area contributed by atoms with E-state index in [-0.39, 0.29) is 11.4 Å². The van der Waals surface area contributed by atoms with E-state index in [4.69, 9.17) is 10.7 Å². The number of likely N-dealkylation sites (N-methyl/N-ethyl adjacent to an activating group) is 1. The van der Waals surface area contributed by atoms with Crippen LogP contribution in [0.25, 0.3) is 0 Å². The first kappa shape index (κ1) is 16.2. The molecule has 0 unspecified atom stereocenters. The van der Waals surface area contributed by atoms with E-state index in [9.17, 15) is 16.8 Å². The average molecular weight is 324 g/mol. The van der Waals surface area contributed by atoms with Crippen LogP contribution in [0.1, 0.15) is 6.92 Å². The maximum absolute atomic E-state index is 12.3. The maximum Gasteiger partial charge on any atom is 0.262 e. The van der Waals surface area contributed by atoms with Gasteiger partial charge in [-0.2, -0.15) is 4.31 Å². The predicted octanol–water partition coefficient (Wildman–Crippen LogP) is 1.81. The lowest BCUT2D eigenvalue weighted by atomic mass is 10.4. The molecule has 0 radical (unpaired) electrons. The van der Waals surface area contributed by atoms with E-state index >= 15 is 0 Å². The zero-order chi connectivity index (χ0) is 14.8. The standard InChI is InChI=1S/C11H14ClNO4S2/c1-9(2)8-13(3)19(16,17)11-7-5-4-6-10(11)18(12,14)15/h4-7H,1,8H2,2-3H3. The number of halogens is 1. The van der Waals surface area contributed by atoms with Crippen molar-refractivity contribution in [1.29, 1.82) is 0 Å². The van der Waals surface area contributed by atoms with Gasteiger partial charge in [-0.25, -0.2) is 16.8 Å². The van der Waals surface area contributed by atoms with Crippen molar-refractivity contribution in [2.75, 3.05) is 13.6 Å². The van der Waals surface area contributed by atoms with Crippen molar-refractivity contribution in [2.45, 2.75) is 16.7 Å². The molecule has 0 saturated carbocycles. The van der Waals surface area contributed by atoms with Crippen molar-refractivity contribution in [3.8, 4) is 0 Å². The van der Waals surface area contributed by atoms with Gasteiger partial charge in [0.05, 0.1) is 0 Å². The molecule has 0 heterocycles. The van der Waals surface area contributed by atoms with Crippen molar-refractivity contribution in [2.24, 2.45) is 0 Å². The monoisotopic (exact) mass is 323 g/mol. The Bertz CT molecular complexity index is 695. The minimum Gasteiger partial charge on any atom is -0.207 e. The van der Waals surface area contributed by atoms with E-state index in [1.807, 2.05) is 0 Å². The normalized spacial score (nSPS) is 12.6. The smallest absolute Gasteiger partial charge is 0.207 e. The lowest BCUT2D eigenvalue weighted by Crippen LogP contribution is -2.29. The summed E-state index contributed by atoms with van der Waals surface area (Å²) in [5.41, 5.74) is 0.636. The van der Waals surface area contributed by atoms with Crippen LogP contribution < -0.4 is 0 Å². The third kappa shape index (κ3) is 3.79. The number of hydrogen-bond acceptors (Lipinski definition) is 4. The topological polar surface area (TPSA) is 71.5 Å². The number of rotatable bonds is 5. The Morgan fingerprint density at radius 2 is 1.68 bits per heavy atom. The summed E-state index contributed by atoms with van der Waals surface area (Å²) >= 11 is 0. The largest absolute Gasteiger partial charge is 0.262 e. The van der Waals surface area contributed by atoms with E-state index in [0.29, 0.717) is 5.57 Å². The van der Waals surface area contributed by atoms with E-state index in [0.717, 1.165) is 10.4 Å². The van der Waals surface area contributed by atoms with Crippen LogP contribution in [0.15, 0.2) is 46.2 Å². The first-order valence-corrected chi connectivity index (χ1v) is 8.96. The molecule has 0 fully saturated rings. The molecule has 0 aliphatic rings. The molecule has 1 aromatic rings. The van der Waals surface area contributed by atoms with Crippen LogP contribution in [0, 0.1) is 0 Å². The van der Waals surface area contributed by atoms with Crippen LogP contribution in [0.5, 0.6) is 0 Å². The van der Waals surface area contributed by atoms with Gasteiger partial charge in [0.15, 0.2) is 0 Å². The van der Waals surface area contributed by atoms with Crippen molar-refractivity contribution in [1.82, 2.24) is 4.31 Å². The van der Waals surface area contributed by atoms with Crippen LogP contribution in [0.3, 0.4) is 0 Å². The molecule has 0 bridgehead atoms. The fraction of sp³-hybridized carbons (Fsp3) is 0.273. The van der Waals surface area contributed by atoms with Gasteiger partial charge < -0.3 is 0 Å².